The molecule has 0 spiro atoms. The van der Waals surface area contributed by atoms with E-state index in [-0.39, 0.29) is 17.1 Å². The lowest BCUT2D eigenvalue weighted by molar-refractivity contribution is -0.137. The molecule has 1 aromatic rings. The summed E-state index contributed by atoms with van der Waals surface area (Å²) in [4.78, 5) is 1.80. The van der Waals surface area contributed by atoms with E-state index in [2.05, 4.69) is 11.8 Å². The molecular formula is C17H22ClF3N2O2S. The fourth-order valence-corrected chi connectivity index (χ4v) is 5.93. The Hall–Kier alpha value is -0.830. The summed E-state index contributed by atoms with van der Waals surface area (Å²) in [6, 6.07) is 2.16. The molecule has 1 aliphatic heterocycles. The zero-order chi connectivity index (χ0) is 19.1. The molecule has 0 unspecified atom stereocenters. The first-order valence-corrected chi connectivity index (χ1v) is 10.6. The average molecular weight is 411 g/mol. The van der Waals surface area contributed by atoms with Crippen molar-refractivity contribution >= 4 is 21.6 Å². The maximum atomic E-state index is 13.2. The molecule has 2 aliphatic rings. The third-order valence-corrected chi connectivity index (χ3v) is 7.57. The Bertz CT molecular complexity index is 758. The highest BCUT2D eigenvalue weighted by atomic mass is 35.5. The average Bonchev–Trinajstić information content (AvgIpc) is 3.39. The highest BCUT2D eigenvalue weighted by Crippen LogP contribution is 2.40. The van der Waals surface area contributed by atoms with E-state index in [9.17, 15) is 21.6 Å². The van der Waals surface area contributed by atoms with Crippen LogP contribution in [0, 0.1) is 0 Å². The van der Waals surface area contributed by atoms with Crippen molar-refractivity contribution in [3.8, 4) is 0 Å². The van der Waals surface area contributed by atoms with Gasteiger partial charge in [0.1, 0.15) is 4.90 Å². The fourth-order valence-electron chi connectivity index (χ4n) is 3.50. The summed E-state index contributed by atoms with van der Waals surface area (Å²) in [6.45, 7) is 4.53. The lowest BCUT2D eigenvalue weighted by Gasteiger charge is -2.37. The summed E-state index contributed by atoms with van der Waals surface area (Å²) in [7, 11) is -4.09. The van der Waals surface area contributed by atoms with Gasteiger partial charge >= 0.3 is 6.18 Å². The molecule has 4 nitrogen and oxygen atoms in total. The van der Waals surface area contributed by atoms with E-state index in [0.717, 1.165) is 44.6 Å². The van der Waals surface area contributed by atoms with E-state index in [1.54, 1.807) is 0 Å². The molecule has 1 aliphatic carbocycles. The van der Waals surface area contributed by atoms with Crippen molar-refractivity contribution in [3.05, 3.63) is 28.8 Å². The van der Waals surface area contributed by atoms with E-state index >= 15 is 0 Å². The van der Waals surface area contributed by atoms with Crippen molar-refractivity contribution in [2.24, 2.45) is 0 Å². The minimum atomic E-state index is -4.62. The van der Waals surface area contributed by atoms with E-state index in [0.29, 0.717) is 18.9 Å². The normalized spacial score (nSPS) is 20.7. The van der Waals surface area contributed by atoms with E-state index < -0.39 is 26.7 Å². The zero-order valence-electron chi connectivity index (χ0n) is 14.5. The third-order valence-electron chi connectivity index (χ3n) is 5.08. The summed E-state index contributed by atoms with van der Waals surface area (Å²) in [6.07, 6.45) is -1.78. The number of sulfonamides is 1. The topological polar surface area (TPSA) is 40.6 Å². The second-order valence-corrected chi connectivity index (χ2v) is 9.09. The molecule has 1 heterocycles. The minimum Gasteiger partial charge on any atom is -0.303 e. The van der Waals surface area contributed by atoms with E-state index in [1.165, 1.54) is 4.31 Å². The highest BCUT2D eigenvalue weighted by molar-refractivity contribution is 7.89. The van der Waals surface area contributed by atoms with Crippen LogP contribution in [0.15, 0.2) is 23.1 Å². The first kappa shape index (κ1) is 19.9. The molecule has 26 heavy (non-hydrogen) atoms. The van der Waals surface area contributed by atoms with Crippen LogP contribution in [-0.2, 0) is 16.2 Å². The Balaban J connectivity index is 1.95. The zero-order valence-corrected chi connectivity index (χ0v) is 16.0. The molecule has 1 aromatic carbocycles. The Morgan fingerprint density at radius 2 is 1.73 bits per heavy atom. The first-order chi connectivity index (χ1) is 12.1. The standard InChI is InChI=1S/C17H22ClF3N2O2S/c1-2-22-9-7-14(8-10-22)23(13-4-5-13)26(24,25)16-11-12(17(19,20)21)3-6-15(16)18/h3,6,11,13-14H,2,4-5,7-10H2,1H3. The Morgan fingerprint density at radius 3 is 2.23 bits per heavy atom. The maximum absolute atomic E-state index is 13.2. The van der Waals surface area contributed by atoms with Crippen LogP contribution in [0.4, 0.5) is 13.2 Å². The molecule has 0 atom stereocenters. The molecule has 0 bridgehead atoms. The lowest BCUT2D eigenvalue weighted by atomic mass is 10.1. The number of benzene rings is 1. The molecule has 0 radical (unpaired) electrons. The molecule has 0 amide bonds. The largest absolute Gasteiger partial charge is 0.416 e. The monoisotopic (exact) mass is 410 g/mol. The van der Waals surface area contributed by atoms with E-state index in [1.807, 2.05) is 0 Å². The van der Waals surface area contributed by atoms with Gasteiger partial charge in [-0.25, -0.2) is 8.42 Å². The van der Waals surface area contributed by atoms with Crippen LogP contribution in [0.5, 0.6) is 0 Å². The summed E-state index contributed by atoms with van der Waals surface area (Å²) in [5.74, 6) is 0. The van der Waals surface area contributed by atoms with Gasteiger partial charge in [0, 0.05) is 12.1 Å². The summed E-state index contributed by atoms with van der Waals surface area (Å²) < 4.78 is 67.0. The van der Waals surface area contributed by atoms with Gasteiger partial charge in [0.05, 0.1) is 10.6 Å². The van der Waals surface area contributed by atoms with Crippen LogP contribution in [0.2, 0.25) is 5.02 Å². The molecule has 3 rings (SSSR count). The van der Waals surface area contributed by atoms with Crippen LogP contribution in [0.25, 0.3) is 0 Å². The van der Waals surface area contributed by atoms with E-state index in [4.69, 9.17) is 11.6 Å². The highest BCUT2D eigenvalue weighted by Gasteiger charge is 2.44. The summed E-state index contributed by atoms with van der Waals surface area (Å²) in [5, 5.41) is -0.172. The van der Waals surface area contributed by atoms with Gasteiger partial charge in [-0.15, -0.1) is 0 Å². The van der Waals surface area contributed by atoms with Gasteiger partial charge in [-0.1, -0.05) is 18.5 Å². The SMILES string of the molecule is CCN1CCC(N(C2CC2)S(=O)(=O)c2cc(C(F)(F)F)ccc2Cl)CC1. The van der Waals surface area contributed by atoms with Crippen LogP contribution in [-0.4, -0.2) is 49.3 Å². The maximum Gasteiger partial charge on any atom is 0.416 e. The van der Waals surface area contributed by atoms with Gasteiger partial charge in [-0.2, -0.15) is 17.5 Å². The fraction of sp³-hybridized carbons (Fsp3) is 0.647. The summed E-state index contributed by atoms with van der Waals surface area (Å²) >= 11 is 6.00. The molecule has 0 N–H and O–H groups in total. The number of piperidine rings is 1. The predicted octanol–water partition coefficient (Wildman–Crippen LogP) is 4.00. The number of hydrogen-bond acceptors (Lipinski definition) is 3. The molecular weight excluding hydrogens is 389 g/mol. The molecule has 1 saturated carbocycles. The number of halogens is 4. The molecule has 146 valence electrons. The van der Waals surface area contributed by atoms with Crippen molar-refractivity contribution in [2.75, 3.05) is 19.6 Å². The number of alkyl halides is 3. The smallest absolute Gasteiger partial charge is 0.303 e. The Morgan fingerprint density at radius 1 is 1.15 bits per heavy atom. The Kier molecular flexibility index (Phi) is 5.59. The second-order valence-electron chi connectivity index (χ2n) is 6.87. The first-order valence-electron chi connectivity index (χ1n) is 8.77. The van der Waals surface area contributed by atoms with Crippen molar-refractivity contribution in [3.63, 3.8) is 0 Å². The van der Waals surface area contributed by atoms with Crippen LogP contribution < -0.4 is 0 Å². The molecule has 9 heteroatoms. The number of hydrogen-bond donors (Lipinski definition) is 0. The van der Waals surface area contributed by atoms with Crippen LogP contribution in [0.1, 0.15) is 38.2 Å². The van der Waals surface area contributed by atoms with Crippen molar-refractivity contribution in [1.29, 1.82) is 0 Å². The minimum absolute atomic E-state index is 0.135. The molecule has 2 fully saturated rings. The molecule has 0 aromatic heterocycles. The lowest BCUT2D eigenvalue weighted by Crippen LogP contribution is -2.48. The second kappa shape index (κ2) is 7.30. The number of likely N-dealkylation sites (tertiary alicyclic amines) is 1. The van der Waals surface area contributed by atoms with Crippen LogP contribution in [0.3, 0.4) is 0 Å². The quantitative estimate of drug-likeness (QED) is 0.736. The number of nitrogens with zero attached hydrogens (tertiary/aromatic N) is 2. The van der Waals surface area contributed by atoms with Gasteiger partial charge in [0.25, 0.3) is 0 Å². The third kappa shape index (κ3) is 4.03. The summed E-state index contributed by atoms with van der Waals surface area (Å²) in [5.41, 5.74) is -1.00. The van der Waals surface area contributed by atoms with Gasteiger partial charge in [0.15, 0.2) is 0 Å². The van der Waals surface area contributed by atoms with Gasteiger partial charge in [0.2, 0.25) is 10.0 Å². The number of rotatable bonds is 5. The van der Waals surface area contributed by atoms with Gasteiger partial charge in [-0.3, -0.25) is 0 Å². The predicted molar refractivity (Wildman–Crippen MR) is 93.6 cm³/mol. The van der Waals surface area contributed by atoms with Gasteiger partial charge in [-0.05, 0) is 63.5 Å². The molecule has 1 saturated heterocycles. The van der Waals surface area contributed by atoms with Crippen molar-refractivity contribution in [1.82, 2.24) is 9.21 Å². The Labute approximate surface area is 157 Å². The van der Waals surface area contributed by atoms with Crippen molar-refractivity contribution < 1.29 is 21.6 Å². The van der Waals surface area contributed by atoms with Crippen molar-refractivity contribution in [2.45, 2.75) is 55.8 Å². The van der Waals surface area contributed by atoms with Gasteiger partial charge < -0.3 is 4.90 Å². The van der Waals surface area contributed by atoms with Crippen LogP contribution >= 0.6 is 11.6 Å².